The molecule has 0 saturated heterocycles. The molecule has 1 aromatic heterocycles. The highest BCUT2D eigenvalue weighted by Gasteiger charge is 2.36. The second-order valence-electron chi connectivity index (χ2n) is 7.46. The van der Waals surface area contributed by atoms with Crippen molar-refractivity contribution in [2.45, 2.75) is 32.9 Å². The van der Waals surface area contributed by atoms with Crippen LogP contribution >= 0.6 is 0 Å². The van der Waals surface area contributed by atoms with Gasteiger partial charge in [0.05, 0.1) is 19.3 Å². The molecule has 1 aliphatic heterocycles. The van der Waals surface area contributed by atoms with E-state index in [9.17, 15) is 9.59 Å². The van der Waals surface area contributed by atoms with E-state index < -0.39 is 18.0 Å². The van der Waals surface area contributed by atoms with Gasteiger partial charge in [0.1, 0.15) is 23.3 Å². The fourth-order valence-corrected chi connectivity index (χ4v) is 3.54. The van der Waals surface area contributed by atoms with Gasteiger partial charge < -0.3 is 24.5 Å². The Labute approximate surface area is 182 Å². The Bertz CT molecular complexity index is 964. The molecule has 2 atom stereocenters. The number of hydrogen-bond donors (Lipinski definition) is 2. The van der Waals surface area contributed by atoms with Crippen LogP contribution in [0.3, 0.4) is 0 Å². The lowest BCUT2D eigenvalue weighted by atomic mass is 9.99. The number of amides is 2. The molecule has 0 radical (unpaired) electrons. The molecule has 1 aliphatic rings. The van der Waals surface area contributed by atoms with Gasteiger partial charge in [-0.1, -0.05) is 12.1 Å². The highest BCUT2D eigenvalue weighted by molar-refractivity contribution is 5.95. The van der Waals surface area contributed by atoms with Crippen LogP contribution in [0.2, 0.25) is 0 Å². The number of nitrogens with zero attached hydrogens (tertiary/aromatic N) is 1. The lowest BCUT2D eigenvalue weighted by molar-refractivity contribution is -0.139. The van der Waals surface area contributed by atoms with Crippen LogP contribution in [0.1, 0.15) is 43.0 Å². The lowest BCUT2D eigenvalue weighted by Crippen LogP contribution is -2.48. The van der Waals surface area contributed by atoms with Crippen molar-refractivity contribution in [1.29, 1.82) is 0 Å². The van der Waals surface area contributed by atoms with Crippen molar-refractivity contribution in [1.82, 2.24) is 15.5 Å². The average Bonchev–Trinajstić information content (AvgIpc) is 3.19. The summed E-state index contributed by atoms with van der Waals surface area (Å²) < 4.78 is 16.2. The van der Waals surface area contributed by atoms with E-state index in [-0.39, 0.29) is 12.6 Å². The Morgan fingerprint density at radius 2 is 1.94 bits per heavy atom. The molecular formula is C23H29N3O5. The first kappa shape index (κ1) is 22.4. The molecule has 1 aromatic carbocycles. The normalized spacial score (nSPS) is 17.2. The maximum atomic E-state index is 12.9. The zero-order valence-corrected chi connectivity index (χ0v) is 18.5. The molecule has 166 valence electrons. The smallest absolute Gasteiger partial charge is 0.338 e. The number of aryl methyl sites for hydroxylation is 1. The first-order valence-electron chi connectivity index (χ1n) is 10.2. The molecule has 0 fully saturated rings. The quantitative estimate of drug-likeness (QED) is 0.627. The molecule has 2 N–H and O–H groups in total. The van der Waals surface area contributed by atoms with Crippen molar-refractivity contribution >= 4 is 12.0 Å². The number of carbonyl (C=O) groups is 2. The number of esters is 1. The van der Waals surface area contributed by atoms with Crippen LogP contribution in [0.25, 0.3) is 0 Å². The summed E-state index contributed by atoms with van der Waals surface area (Å²) in [6, 6.07) is 10.3. The number of furan rings is 1. The summed E-state index contributed by atoms with van der Waals surface area (Å²) in [5.41, 5.74) is 1.91. The van der Waals surface area contributed by atoms with E-state index in [0.29, 0.717) is 29.3 Å². The van der Waals surface area contributed by atoms with Crippen LogP contribution in [0.15, 0.2) is 52.1 Å². The van der Waals surface area contributed by atoms with Gasteiger partial charge in [-0.3, -0.25) is 4.90 Å². The van der Waals surface area contributed by atoms with Gasteiger partial charge in [-0.2, -0.15) is 0 Å². The van der Waals surface area contributed by atoms with Gasteiger partial charge in [-0.05, 0) is 57.6 Å². The average molecular weight is 428 g/mol. The van der Waals surface area contributed by atoms with Crippen LogP contribution in [0.4, 0.5) is 4.79 Å². The van der Waals surface area contributed by atoms with E-state index in [1.165, 1.54) is 0 Å². The second kappa shape index (κ2) is 9.70. The standard InChI is InChI=1S/C23H29N3O5/c1-6-30-22(27)20-18(24-23(28)25-21(20)19-12-7-14(2)31-19)13-26(4)15(3)16-8-10-17(29-5)11-9-16/h7-12,15,21H,6,13H2,1-5H3,(H2,24,25,28). The van der Waals surface area contributed by atoms with Crippen molar-refractivity contribution in [3.63, 3.8) is 0 Å². The van der Waals surface area contributed by atoms with Gasteiger partial charge in [0.15, 0.2) is 0 Å². The zero-order chi connectivity index (χ0) is 22.5. The highest BCUT2D eigenvalue weighted by atomic mass is 16.5. The van der Waals surface area contributed by atoms with E-state index in [2.05, 4.69) is 17.6 Å². The summed E-state index contributed by atoms with van der Waals surface area (Å²) in [6.07, 6.45) is 0. The minimum absolute atomic E-state index is 0.0259. The summed E-state index contributed by atoms with van der Waals surface area (Å²) in [4.78, 5) is 27.3. The van der Waals surface area contributed by atoms with E-state index >= 15 is 0 Å². The minimum Gasteiger partial charge on any atom is -0.497 e. The highest BCUT2D eigenvalue weighted by Crippen LogP contribution is 2.30. The summed E-state index contributed by atoms with van der Waals surface area (Å²) in [5, 5.41) is 5.57. The van der Waals surface area contributed by atoms with Crippen molar-refractivity contribution < 1.29 is 23.5 Å². The molecule has 3 rings (SSSR count). The molecule has 8 nitrogen and oxygen atoms in total. The largest absolute Gasteiger partial charge is 0.497 e. The third-order valence-electron chi connectivity index (χ3n) is 5.36. The Morgan fingerprint density at radius 3 is 2.52 bits per heavy atom. The number of benzene rings is 1. The summed E-state index contributed by atoms with van der Waals surface area (Å²) in [7, 11) is 3.57. The molecule has 0 spiro atoms. The van der Waals surface area contributed by atoms with Crippen molar-refractivity contribution in [2.24, 2.45) is 0 Å². The van der Waals surface area contributed by atoms with E-state index in [0.717, 1.165) is 11.3 Å². The van der Waals surface area contributed by atoms with Gasteiger partial charge in [0.2, 0.25) is 0 Å². The van der Waals surface area contributed by atoms with Crippen LogP contribution in [0, 0.1) is 6.92 Å². The van der Waals surface area contributed by atoms with Crippen LogP contribution in [0.5, 0.6) is 5.75 Å². The molecule has 8 heteroatoms. The molecular weight excluding hydrogens is 398 g/mol. The van der Waals surface area contributed by atoms with Crippen molar-refractivity contribution in [3.8, 4) is 5.75 Å². The van der Waals surface area contributed by atoms with Gasteiger partial charge in [0, 0.05) is 18.3 Å². The predicted octanol–water partition coefficient (Wildman–Crippen LogP) is 3.46. The maximum Gasteiger partial charge on any atom is 0.338 e. The van der Waals surface area contributed by atoms with Gasteiger partial charge in [-0.15, -0.1) is 0 Å². The van der Waals surface area contributed by atoms with Crippen LogP contribution in [-0.4, -0.2) is 44.2 Å². The van der Waals surface area contributed by atoms with Gasteiger partial charge in [-0.25, -0.2) is 9.59 Å². The first-order chi connectivity index (χ1) is 14.8. The van der Waals surface area contributed by atoms with Gasteiger partial charge in [0.25, 0.3) is 0 Å². The summed E-state index contributed by atoms with van der Waals surface area (Å²) >= 11 is 0. The van der Waals surface area contributed by atoms with Gasteiger partial charge >= 0.3 is 12.0 Å². The molecule has 31 heavy (non-hydrogen) atoms. The molecule has 0 saturated carbocycles. The number of ether oxygens (including phenoxy) is 2. The number of likely N-dealkylation sites (N-methyl/N-ethyl adjacent to an activating group) is 1. The fraction of sp³-hybridized carbons (Fsp3) is 0.391. The van der Waals surface area contributed by atoms with Crippen LogP contribution in [-0.2, 0) is 9.53 Å². The second-order valence-corrected chi connectivity index (χ2v) is 7.46. The molecule has 0 aliphatic carbocycles. The Hall–Kier alpha value is -3.26. The van der Waals surface area contributed by atoms with E-state index in [4.69, 9.17) is 13.9 Å². The van der Waals surface area contributed by atoms with E-state index in [1.807, 2.05) is 43.1 Å². The van der Waals surface area contributed by atoms with Crippen molar-refractivity contribution in [2.75, 3.05) is 27.3 Å². The number of rotatable bonds is 8. The van der Waals surface area contributed by atoms with Crippen molar-refractivity contribution in [3.05, 3.63) is 64.8 Å². The first-order valence-corrected chi connectivity index (χ1v) is 10.2. The topological polar surface area (TPSA) is 93.0 Å². The molecule has 2 aromatic rings. The van der Waals surface area contributed by atoms with Crippen LogP contribution < -0.4 is 15.4 Å². The molecule has 2 amide bonds. The Balaban J connectivity index is 1.92. The Morgan fingerprint density at radius 1 is 1.23 bits per heavy atom. The predicted molar refractivity (Wildman–Crippen MR) is 116 cm³/mol. The molecule has 2 unspecified atom stereocenters. The number of methoxy groups -OCH3 is 1. The van der Waals surface area contributed by atoms with E-state index in [1.54, 1.807) is 26.2 Å². The maximum absolute atomic E-state index is 12.9. The SMILES string of the molecule is CCOC(=O)C1=C(CN(C)C(C)c2ccc(OC)cc2)NC(=O)NC1c1ccc(C)o1. The minimum atomic E-state index is -0.721. The Kier molecular flexibility index (Phi) is 7.02. The number of nitrogens with one attached hydrogen (secondary N) is 2. The molecule has 2 heterocycles. The summed E-state index contributed by atoms with van der Waals surface area (Å²) in [5.74, 6) is 1.47. The number of hydrogen-bond acceptors (Lipinski definition) is 6. The third kappa shape index (κ3) is 5.08. The zero-order valence-electron chi connectivity index (χ0n) is 18.5. The fourth-order valence-electron chi connectivity index (χ4n) is 3.54. The molecule has 0 bridgehead atoms. The third-order valence-corrected chi connectivity index (χ3v) is 5.36. The monoisotopic (exact) mass is 427 g/mol. The number of carbonyl (C=O) groups excluding carboxylic acids is 2. The number of urea groups is 1. The summed E-state index contributed by atoms with van der Waals surface area (Å²) in [6.45, 7) is 6.18. The lowest BCUT2D eigenvalue weighted by Gasteiger charge is -2.32.